The maximum Gasteiger partial charge on any atom is 0.251 e. The summed E-state index contributed by atoms with van der Waals surface area (Å²) in [6.07, 6.45) is 0.254. The zero-order chi connectivity index (χ0) is 20.9. The Labute approximate surface area is 175 Å². The number of carbonyl (C=O) groups excluding carboxylic acids is 1. The van der Waals surface area contributed by atoms with Crippen molar-refractivity contribution in [1.82, 2.24) is 5.32 Å². The number of fused-ring (bicyclic) bond motifs is 1. The number of rotatable bonds is 9. The van der Waals surface area contributed by atoms with E-state index in [4.69, 9.17) is 9.47 Å². The highest BCUT2D eigenvalue weighted by Gasteiger charge is 2.42. The lowest BCUT2D eigenvalue weighted by Gasteiger charge is -2.17. The summed E-state index contributed by atoms with van der Waals surface area (Å²) in [5.74, 6) is 0.108. The molecule has 0 aliphatic carbocycles. The van der Waals surface area contributed by atoms with Gasteiger partial charge >= 0.3 is 0 Å². The van der Waals surface area contributed by atoms with Gasteiger partial charge in [-0.25, -0.2) is 8.42 Å². The number of nitrogens with one attached hydrogen (secondary N) is 2. The molecule has 0 radical (unpaired) electrons. The molecular formula is C19H27N3O5S2. The maximum atomic E-state index is 12.4. The molecule has 0 saturated carbocycles. The molecule has 3 rings (SSSR count). The summed E-state index contributed by atoms with van der Waals surface area (Å²) in [6, 6.07) is 6.97. The summed E-state index contributed by atoms with van der Waals surface area (Å²) in [4.78, 5) is 16.9. The number of thioether (sulfide) groups is 1. The number of nitrogens with zero attached hydrogens (tertiary/aromatic N) is 1. The fourth-order valence-corrected chi connectivity index (χ4v) is 6.95. The van der Waals surface area contributed by atoms with E-state index in [0.717, 1.165) is 5.69 Å². The Bertz CT molecular complexity index is 853. The van der Waals surface area contributed by atoms with Gasteiger partial charge in [0.1, 0.15) is 0 Å². The summed E-state index contributed by atoms with van der Waals surface area (Å²) in [5.41, 5.74) is 1.28. The molecule has 29 heavy (non-hydrogen) atoms. The van der Waals surface area contributed by atoms with Crippen LogP contribution in [0.1, 0.15) is 30.6 Å². The van der Waals surface area contributed by atoms with E-state index in [2.05, 4.69) is 15.6 Å². The molecule has 2 atom stereocenters. The quantitative estimate of drug-likeness (QED) is 0.564. The predicted molar refractivity (Wildman–Crippen MR) is 115 cm³/mol. The van der Waals surface area contributed by atoms with Crippen LogP contribution in [-0.4, -0.2) is 68.3 Å². The van der Waals surface area contributed by atoms with Gasteiger partial charge in [0.25, 0.3) is 5.91 Å². The molecule has 1 aromatic rings. The topological polar surface area (TPSA) is 106 Å². The van der Waals surface area contributed by atoms with Crippen LogP contribution in [0, 0.1) is 0 Å². The van der Waals surface area contributed by atoms with Crippen molar-refractivity contribution in [2.75, 3.05) is 36.6 Å². The van der Waals surface area contributed by atoms with Gasteiger partial charge in [0.15, 0.2) is 21.3 Å². The van der Waals surface area contributed by atoms with E-state index >= 15 is 0 Å². The monoisotopic (exact) mass is 441 g/mol. The van der Waals surface area contributed by atoms with Crippen molar-refractivity contribution in [3.05, 3.63) is 29.8 Å². The maximum absolute atomic E-state index is 12.4. The van der Waals surface area contributed by atoms with Crippen molar-refractivity contribution in [2.24, 2.45) is 4.99 Å². The molecule has 2 aliphatic heterocycles. The van der Waals surface area contributed by atoms with Gasteiger partial charge in [-0.15, -0.1) is 0 Å². The second-order valence-corrected chi connectivity index (χ2v) is 10.2. The summed E-state index contributed by atoms with van der Waals surface area (Å²) in [5, 5.41) is 6.76. The van der Waals surface area contributed by atoms with Crippen LogP contribution in [0.25, 0.3) is 0 Å². The van der Waals surface area contributed by atoms with Gasteiger partial charge < -0.3 is 20.1 Å². The molecule has 2 aliphatic rings. The van der Waals surface area contributed by atoms with Crippen LogP contribution < -0.4 is 10.6 Å². The molecule has 2 heterocycles. The molecule has 0 spiro atoms. The number of amidine groups is 1. The zero-order valence-corrected chi connectivity index (χ0v) is 18.2. The lowest BCUT2D eigenvalue weighted by atomic mass is 10.2. The van der Waals surface area contributed by atoms with Crippen LogP contribution in [-0.2, 0) is 19.3 Å². The van der Waals surface area contributed by atoms with Gasteiger partial charge in [0.05, 0.1) is 17.5 Å². The lowest BCUT2D eigenvalue weighted by Crippen LogP contribution is -2.29. The van der Waals surface area contributed by atoms with Gasteiger partial charge in [-0.2, -0.15) is 0 Å². The Morgan fingerprint density at radius 2 is 2.03 bits per heavy atom. The first-order chi connectivity index (χ1) is 13.9. The molecule has 1 aromatic carbocycles. The fraction of sp³-hybridized carbons (Fsp3) is 0.579. The van der Waals surface area contributed by atoms with Crippen molar-refractivity contribution >= 4 is 38.4 Å². The van der Waals surface area contributed by atoms with E-state index in [1.54, 1.807) is 18.2 Å². The van der Waals surface area contributed by atoms with Crippen LogP contribution in [0.5, 0.6) is 0 Å². The summed E-state index contributed by atoms with van der Waals surface area (Å²) in [7, 11) is -2.97. The predicted octanol–water partition coefficient (Wildman–Crippen LogP) is 1.89. The third-order valence-corrected chi connectivity index (χ3v) is 7.71. The zero-order valence-electron chi connectivity index (χ0n) is 16.6. The van der Waals surface area contributed by atoms with Crippen molar-refractivity contribution < 1.29 is 22.7 Å². The Balaban J connectivity index is 1.52. The third kappa shape index (κ3) is 6.18. The van der Waals surface area contributed by atoms with Crippen LogP contribution in [0.3, 0.4) is 0 Å². The molecular weight excluding hydrogens is 414 g/mol. The van der Waals surface area contributed by atoms with E-state index in [0.29, 0.717) is 36.9 Å². The number of benzene rings is 1. The van der Waals surface area contributed by atoms with E-state index in [-0.39, 0.29) is 35.0 Å². The number of amides is 1. The second-order valence-electron chi connectivity index (χ2n) is 6.83. The van der Waals surface area contributed by atoms with E-state index in [1.807, 2.05) is 19.9 Å². The first-order valence-corrected chi connectivity index (χ1v) is 12.4. The van der Waals surface area contributed by atoms with E-state index in [1.165, 1.54) is 11.8 Å². The number of hydrogen-bond donors (Lipinski definition) is 2. The Hall–Kier alpha value is -1.62. The van der Waals surface area contributed by atoms with E-state index in [9.17, 15) is 13.2 Å². The molecule has 1 fully saturated rings. The van der Waals surface area contributed by atoms with Crippen LogP contribution >= 0.6 is 11.8 Å². The minimum atomic E-state index is -2.97. The first-order valence-electron chi connectivity index (χ1n) is 9.73. The molecule has 8 nitrogen and oxygen atoms in total. The number of aliphatic imine (C=N–C) groups is 1. The van der Waals surface area contributed by atoms with Crippen molar-refractivity contribution in [3.8, 4) is 0 Å². The molecule has 0 unspecified atom stereocenters. The number of sulfone groups is 1. The summed E-state index contributed by atoms with van der Waals surface area (Å²) < 4.78 is 34.3. The number of ether oxygens (including phenoxy) is 2. The molecule has 0 bridgehead atoms. The van der Waals surface area contributed by atoms with Crippen LogP contribution in [0.4, 0.5) is 5.69 Å². The standard InChI is InChI=1S/C19H27N3O5S2/c1-3-26-17(27-4-2)8-9-20-18(23)13-6-5-7-14(10-13)21-19-22-15-11-29(24,25)12-16(15)28-19/h5-7,10,15-17H,3-4,8-9,11-12H2,1-2H3,(H,20,23)(H,21,22)/t15-,16+/m0/s1. The van der Waals surface area contributed by atoms with Crippen LogP contribution in [0.15, 0.2) is 29.3 Å². The third-order valence-electron chi connectivity index (χ3n) is 4.56. The van der Waals surface area contributed by atoms with Crippen LogP contribution in [0.2, 0.25) is 0 Å². The molecule has 2 N–H and O–H groups in total. The van der Waals surface area contributed by atoms with Gasteiger partial charge in [-0.1, -0.05) is 17.8 Å². The Kier molecular flexibility index (Phi) is 7.55. The Morgan fingerprint density at radius 3 is 2.72 bits per heavy atom. The Morgan fingerprint density at radius 1 is 1.28 bits per heavy atom. The minimum absolute atomic E-state index is 0.0161. The molecule has 0 aromatic heterocycles. The largest absolute Gasteiger partial charge is 0.353 e. The SMILES string of the molecule is CCOC(CCNC(=O)c1cccc(NC2=N[C@H]3CS(=O)(=O)C[C@H]3S2)c1)OCC. The molecule has 160 valence electrons. The van der Waals surface area contributed by atoms with Gasteiger partial charge in [0, 0.05) is 42.7 Å². The second kappa shape index (κ2) is 9.92. The molecule has 10 heteroatoms. The first kappa shape index (κ1) is 22.1. The van der Waals surface area contributed by atoms with Gasteiger partial charge in [-0.3, -0.25) is 9.79 Å². The minimum Gasteiger partial charge on any atom is -0.353 e. The average molecular weight is 442 g/mol. The molecule has 1 saturated heterocycles. The number of hydrogen-bond acceptors (Lipinski definition) is 8. The fourth-order valence-electron chi connectivity index (χ4n) is 3.27. The number of anilines is 1. The average Bonchev–Trinajstić information content (AvgIpc) is 3.14. The molecule has 1 amide bonds. The summed E-state index contributed by atoms with van der Waals surface area (Å²) >= 11 is 1.45. The van der Waals surface area contributed by atoms with Crippen molar-refractivity contribution in [2.45, 2.75) is 37.9 Å². The lowest BCUT2D eigenvalue weighted by molar-refractivity contribution is -0.138. The summed E-state index contributed by atoms with van der Waals surface area (Å²) in [6.45, 7) is 5.37. The highest BCUT2D eigenvalue weighted by Crippen LogP contribution is 2.34. The normalized spacial score (nSPS) is 22.4. The van der Waals surface area contributed by atoms with E-state index < -0.39 is 9.84 Å². The van der Waals surface area contributed by atoms with Gasteiger partial charge in [0.2, 0.25) is 0 Å². The van der Waals surface area contributed by atoms with Crippen molar-refractivity contribution in [3.63, 3.8) is 0 Å². The number of carbonyl (C=O) groups is 1. The van der Waals surface area contributed by atoms with Crippen molar-refractivity contribution in [1.29, 1.82) is 0 Å². The van der Waals surface area contributed by atoms with Gasteiger partial charge in [-0.05, 0) is 32.0 Å². The highest BCUT2D eigenvalue weighted by atomic mass is 32.2. The smallest absolute Gasteiger partial charge is 0.251 e. The highest BCUT2D eigenvalue weighted by molar-refractivity contribution is 8.15.